The van der Waals surface area contributed by atoms with Gasteiger partial charge in [0.15, 0.2) is 0 Å². The number of rotatable bonds is 2. The molecule has 0 saturated heterocycles. The van der Waals surface area contributed by atoms with E-state index in [4.69, 9.17) is 0 Å². The average molecular weight is 345 g/mol. The lowest BCUT2D eigenvalue weighted by Gasteiger charge is -2.09. The van der Waals surface area contributed by atoms with E-state index in [0.717, 1.165) is 0 Å². The molecule has 0 amide bonds. The van der Waals surface area contributed by atoms with Gasteiger partial charge in [0.1, 0.15) is 0 Å². The van der Waals surface area contributed by atoms with E-state index < -0.39 is 0 Å². The van der Waals surface area contributed by atoms with Gasteiger partial charge in [-0.15, -0.1) is 0 Å². The summed E-state index contributed by atoms with van der Waals surface area (Å²) < 4.78 is 0. The molecule has 0 bridgehead atoms. The highest BCUT2D eigenvalue weighted by Gasteiger charge is 2.02. The fourth-order valence-corrected chi connectivity index (χ4v) is 1.18. The third kappa shape index (κ3) is 6.98. The third-order valence-electron chi connectivity index (χ3n) is 2.08. The van der Waals surface area contributed by atoms with Crippen LogP contribution in [0.4, 0.5) is 0 Å². The molecular weight excluding hydrogens is 328 g/mol. The maximum absolute atomic E-state index is 3.44. The van der Waals surface area contributed by atoms with E-state index in [1.54, 1.807) is 0 Å². The van der Waals surface area contributed by atoms with Crippen LogP contribution in [0.5, 0.6) is 0 Å². The van der Waals surface area contributed by atoms with Gasteiger partial charge in [-0.05, 0) is 29.0 Å². The van der Waals surface area contributed by atoms with Crippen LogP contribution in [0.15, 0.2) is 18.2 Å². The molecule has 1 aromatic carbocycles. The monoisotopic (exact) mass is 343 g/mol. The summed E-state index contributed by atoms with van der Waals surface area (Å²) in [6.45, 7) is 8.82. The molecule has 0 aliphatic carbocycles. The van der Waals surface area contributed by atoms with Crippen LogP contribution >= 0.6 is 25.8 Å². The SMILES string of the molecule is CC(C)c1[c]c(C(C)C)ccc1.[Br][Mg][Br]. The zero-order chi connectivity index (χ0) is 11.8. The summed E-state index contributed by atoms with van der Waals surface area (Å²) in [4.78, 5) is 0. The molecule has 81 valence electrons. The summed E-state index contributed by atoms with van der Waals surface area (Å²) in [7, 11) is 0. The number of hydrogen-bond donors (Lipinski definition) is 0. The Labute approximate surface area is 116 Å². The Kier molecular flexibility index (Phi) is 9.60. The second-order valence-corrected chi connectivity index (χ2v) is 12.1. The third-order valence-corrected chi connectivity index (χ3v) is 2.08. The molecule has 1 aromatic rings. The predicted molar refractivity (Wildman–Crippen MR) is 77.1 cm³/mol. The zero-order valence-corrected chi connectivity index (χ0v) is 14.4. The number of hydrogen-bond acceptors (Lipinski definition) is 0. The molecule has 1 radical (unpaired) electrons. The molecule has 0 aliphatic rings. The van der Waals surface area contributed by atoms with Gasteiger partial charge in [-0.25, -0.2) is 0 Å². The van der Waals surface area contributed by atoms with Crippen molar-refractivity contribution in [2.45, 2.75) is 39.5 Å². The van der Waals surface area contributed by atoms with Crippen molar-refractivity contribution in [2.24, 2.45) is 0 Å². The number of halogens is 2. The van der Waals surface area contributed by atoms with E-state index in [0.29, 0.717) is 11.8 Å². The first-order valence-electron chi connectivity index (χ1n) is 5.17. The minimum Gasteiger partial charge on any atom is -0.280 e. The normalized spacial score (nSPS) is 9.60. The Balaban J connectivity index is 0.000000583. The van der Waals surface area contributed by atoms with Crippen molar-refractivity contribution in [1.29, 1.82) is 0 Å². The topological polar surface area (TPSA) is 0 Å². The van der Waals surface area contributed by atoms with E-state index in [-0.39, 0.29) is 16.0 Å². The fraction of sp³-hybridized carbons (Fsp3) is 0.500. The predicted octanol–water partition coefficient (Wildman–Crippen LogP) is 5.04. The van der Waals surface area contributed by atoms with Gasteiger partial charge >= 0.3 is 16.0 Å². The molecule has 0 heterocycles. The molecule has 0 spiro atoms. The maximum Gasteiger partial charge on any atom is 0.560 e. The Bertz CT molecular complexity index is 249. The average Bonchev–Trinajstić information content (AvgIpc) is 2.19. The molecule has 0 aliphatic heterocycles. The first-order chi connectivity index (χ1) is 7.02. The van der Waals surface area contributed by atoms with Crippen molar-refractivity contribution in [3.05, 3.63) is 35.4 Å². The van der Waals surface area contributed by atoms with Gasteiger partial charge in [0.05, 0.1) is 0 Å². The standard InChI is InChI=1S/C12H17.2BrH.Mg/c1-9(2)11-6-5-7-12(8-11)10(3)4;;;/h5-7,9-10H,1-4H3;2*1H;/q;;;+2/p-2. The minimum atomic E-state index is 0.0417. The molecule has 0 unspecified atom stereocenters. The van der Waals surface area contributed by atoms with Crippen LogP contribution in [0.2, 0.25) is 0 Å². The zero-order valence-electron chi connectivity index (χ0n) is 9.85. The summed E-state index contributed by atoms with van der Waals surface area (Å²) in [5.41, 5.74) is 2.64. The van der Waals surface area contributed by atoms with Gasteiger partial charge in [0.2, 0.25) is 0 Å². The van der Waals surface area contributed by atoms with Gasteiger partial charge in [-0.2, -0.15) is 0 Å². The summed E-state index contributed by atoms with van der Waals surface area (Å²) >= 11 is 6.44. The van der Waals surface area contributed by atoms with Crippen LogP contribution in [0.1, 0.15) is 50.7 Å². The number of benzene rings is 1. The summed E-state index contributed by atoms with van der Waals surface area (Å²) in [6.07, 6.45) is 0. The first-order valence-corrected chi connectivity index (χ1v) is 13.0. The van der Waals surface area contributed by atoms with Crippen LogP contribution in [0, 0.1) is 6.07 Å². The molecule has 0 fully saturated rings. The summed E-state index contributed by atoms with van der Waals surface area (Å²) in [5.74, 6) is 1.17. The molecule has 1 rings (SSSR count). The van der Waals surface area contributed by atoms with Crippen molar-refractivity contribution in [3.8, 4) is 0 Å². The van der Waals surface area contributed by atoms with Gasteiger partial charge in [-0.3, -0.25) is 25.8 Å². The van der Waals surface area contributed by atoms with Crippen LogP contribution in [0.3, 0.4) is 0 Å². The second kappa shape index (κ2) is 9.03. The first kappa shape index (κ1) is 15.9. The van der Waals surface area contributed by atoms with Gasteiger partial charge < -0.3 is 0 Å². The van der Waals surface area contributed by atoms with Gasteiger partial charge in [-0.1, -0.05) is 45.9 Å². The highest BCUT2D eigenvalue weighted by atomic mass is 79.9. The Hall–Kier alpha value is 0.946. The Morgan fingerprint density at radius 1 is 1.00 bits per heavy atom. The Morgan fingerprint density at radius 2 is 1.33 bits per heavy atom. The van der Waals surface area contributed by atoms with Crippen LogP contribution in [-0.4, -0.2) is 16.0 Å². The van der Waals surface area contributed by atoms with Crippen molar-refractivity contribution >= 4 is 41.8 Å². The maximum atomic E-state index is 3.44. The molecule has 0 saturated carbocycles. The van der Waals surface area contributed by atoms with Crippen molar-refractivity contribution in [2.75, 3.05) is 0 Å². The minimum absolute atomic E-state index is 0.0417. The summed E-state index contributed by atoms with van der Waals surface area (Å²) in [6, 6.07) is 9.87. The second-order valence-electron chi connectivity index (χ2n) is 3.97. The smallest absolute Gasteiger partial charge is 0.280 e. The van der Waals surface area contributed by atoms with Crippen molar-refractivity contribution in [1.82, 2.24) is 0 Å². The van der Waals surface area contributed by atoms with Crippen molar-refractivity contribution < 1.29 is 0 Å². The lowest BCUT2D eigenvalue weighted by molar-refractivity contribution is 0.830. The highest BCUT2D eigenvalue weighted by Crippen LogP contribution is 2.19. The molecular formula is C12H17Br2Mg. The molecule has 0 N–H and O–H groups in total. The quantitative estimate of drug-likeness (QED) is 0.659. The van der Waals surface area contributed by atoms with Crippen LogP contribution in [-0.2, 0) is 0 Å². The lowest BCUT2D eigenvalue weighted by Crippen LogP contribution is -1.92. The molecule has 0 nitrogen and oxygen atoms in total. The summed E-state index contributed by atoms with van der Waals surface area (Å²) in [5, 5.41) is 0. The van der Waals surface area contributed by atoms with E-state index in [1.807, 2.05) is 0 Å². The van der Waals surface area contributed by atoms with Gasteiger partial charge in [0, 0.05) is 0 Å². The van der Waals surface area contributed by atoms with Crippen molar-refractivity contribution in [3.63, 3.8) is 0 Å². The van der Waals surface area contributed by atoms with Gasteiger partial charge in [0.25, 0.3) is 0 Å². The van der Waals surface area contributed by atoms with E-state index >= 15 is 0 Å². The molecule has 15 heavy (non-hydrogen) atoms. The van der Waals surface area contributed by atoms with Crippen LogP contribution < -0.4 is 0 Å². The Morgan fingerprint density at radius 3 is 1.60 bits per heavy atom. The van der Waals surface area contributed by atoms with E-state index in [1.165, 1.54) is 11.1 Å². The molecule has 3 heteroatoms. The molecule has 0 atom stereocenters. The lowest BCUT2D eigenvalue weighted by atomic mass is 9.96. The molecule has 0 aromatic heterocycles. The largest absolute Gasteiger partial charge is 0.560 e. The van der Waals surface area contributed by atoms with E-state index in [2.05, 4.69) is 77.7 Å². The fourth-order valence-electron chi connectivity index (χ4n) is 1.18. The van der Waals surface area contributed by atoms with Crippen LogP contribution in [0.25, 0.3) is 0 Å². The highest BCUT2D eigenvalue weighted by molar-refractivity contribution is 9.47. The van der Waals surface area contributed by atoms with E-state index in [9.17, 15) is 0 Å².